The van der Waals surface area contributed by atoms with Crippen molar-refractivity contribution >= 4 is 28.2 Å². The van der Waals surface area contributed by atoms with E-state index in [0.29, 0.717) is 11.6 Å². The van der Waals surface area contributed by atoms with Gasteiger partial charge in [-0.15, -0.1) is 0 Å². The van der Waals surface area contributed by atoms with Crippen LogP contribution in [-0.2, 0) is 0 Å². The Labute approximate surface area is 91.9 Å². The van der Waals surface area contributed by atoms with Crippen LogP contribution in [0.15, 0.2) is 28.0 Å². The molecule has 74 valence electrons. The number of hydrogen-bond donors (Lipinski definition) is 1. The van der Waals surface area contributed by atoms with E-state index < -0.39 is 0 Å². The number of H-pyrrole nitrogens is 1. The van der Waals surface area contributed by atoms with Crippen molar-refractivity contribution in [2.75, 3.05) is 0 Å². The maximum absolute atomic E-state index is 6.18. The predicted octanol–water partition coefficient (Wildman–Crippen LogP) is 2.25. The van der Waals surface area contributed by atoms with E-state index in [-0.39, 0.29) is 0 Å². The number of allylic oxidation sites excluding steroid dienone is 1. The summed E-state index contributed by atoms with van der Waals surface area (Å²) >= 11 is 12.2. The van der Waals surface area contributed by atoms with Crippen LogP contribution in [0.5, 0.6) is 0 Å². The molecule has 0 radical (unpaired) electrons. The van der Waals surface area contributed by atoms with E-state index in [2.05, 4.69) is 16.9 Å². The first kappa shape index (κ1) is 9.81. The van der Waals surface area contributed by atoms with Crippen molar-refractivity contribution in [3.05, 3.63) is 33.7 Å². The summed E-state index contributed by atoms with van der Waals surface area (Å²) in [7, 11) is 0. The zero-order valence-corrected chi connectivity index (χ0v) is 9.28. The van der Waals surface area contributed by atoms with Crippen LogP contribution in [0.2, 0.25) is 0 Å². The van der Waals surface area contributed by atoms with E-state index in [0.717, 1.165) is 27.7 Å². The maximum atomic E-state index is 6.18. The third-order valence-electron chi connectivity index (χ3n) is 2.31. The molecule has 2 rings (SSSR count). The molecule has 0 saturated carbocycles. The number of halogens is 2. The second-order valence-corrected chi connectivity index (χ2v) is 4.00. The Balaban J connectivity index is 2.71. The minimum atomic E-state index is 0.562. The molecule has 1 aliphatic rings. The van der Waals surface area contributed by atoms with Crippen molar-refractivity contribution in [2.45, 2.75) is 19.8 Å². The van der Waals surface area contributed by atoms with Crippen molar-refractivity contribution < 1.29 is 0 Å². The fourth-order valence-electron chi connectivity index (χ4n) is 1.48. The van der Waals surface area contributed by atoms with Gasteiger partial charge in [-0.1, -0.05) is 30.1 Å². The van der Waals surface area contributed by atoms with Gasteiger partial charge < -0.3 is 4.98 Å². The lowest BCUT2D eigenvalue weighted by atomic mass is 10.1. The number of aromatic amines is 1. The fraction of sp³-hybridized carbons (Fsp3) is 0.300. The minimum Gasteiger partial charge on any atom is -0.346 e. The molecule has 14 heavy (non-hydrogen) atoms. The van der Waals surface area contributed by atoms with Crippen LogP contribution in [0.3, 0.4) is 0 Å². The molecule has 1 N–H and O–H groups in total. The summed E-state index contributed by atoms with van der Waals surface area (Å²) in [6.45, 7) is 2.05. The van der Waals surface area contributed by atoms with Crippen molar-refractivity contribution in [1.29, 1.82) is 0 Å². The molecule has 0 fully saturated rings. The highest BCUT2D eigenvalue weighted by atomic mass is 35.5. The Kier molecular flexibility index (Phi) is 2.66. The van der Waals surface area contributed by atoms with E-state index in [9.17, 15) is 0 Å². The first-order valence-electron chi connectivity index (χ1n) is 4.50. The number of nitrogens with zero attached hydrogens (tertiary/aromatic N) is 1. The predicted molar refractivity (Wildman–Crippen MR) is 58.6 cm³/mol. The average molecular weight is 229 g/mol. The summed E-state index contributed by atoms with van der Waals surface area (Å²) in [5.41, 5.74) is 1.84. The summed E-state index contributed by atoms with van der Waals surface area (Å²) in [6, 6.07) is 1.92. The second-order valence-electron chi connectivity index (χ2n) is 3.18. The monoisotopic (exact) mass is 228 g/mol. The van der Waals surface area contributed by atoms with Crippen molar-refractivity contribution in [3.8, 4) is 0 Å². The van der Waals surface area contributed by atoms with Crippen LogP contribution in [0, 0.1) is 0 Å². The molecule has 0 aromatic carbocycles. The van der Waals surface area contributed by atoms with Gasteiger partial charge in [-0.25, -0.2) is 4.99 Å². The summed E-state index contributed by atoms with van der Waals surface area (Å²) in [5, 5.41) is 2.32. The normalized spacial score (nSPS) is 16.4. The van der Waals surface area contributed by atoms with Crippen molar-refractivity contribution in [1.82, 2.24) is 4.98 Å². The summed E-state index contributed by atoms with van der Waals surface area (Å²) in [6.07, 6.45) is 3.39. The van der Waals surface area contributed by atoms with Crippen molar-refractivity contribution in [3.63, 3.8) is 0 Å². The van der Waals surface area contributed by atoms with Gasteiger partial charge in [0.2, 0.25) is 0 Å². The molecule has 0 aliphatic carbocycles. The second kappa shape index (κ2) is 3.79. The molecule has 4 heteroatoms. The standard InChI is InChI=1S/C10H10Cl2N2/c1-2-6-5-8(11)7-3-4-13-10(7)14-9(6)12/h3-4H,2,5H2,1H3,(H,13,14). The van der Waals surface area contributed by atoms with Gasteiger partial charge in [0.1, 0.15) is 10.6 Å². The summed E-state index contributed by atoms with van der Waals surface area (Å²) in [4.78, 5) is 7.30. The molecular weight excluding hydrogens is 219 g/mol. The zero-order chi connectivity index (χ0) is 10.1. The van der Waals surface area contributed by atoms with E-state index in [1.54, 1.807) is 0 Å². The number of fused-ring (bicyclic) bond motifs is 1. The van der Waals surface area contributed by atoms with Gasteiger partial charge in [-0.2, -0.15) is 0 Å². The van der Waals surface area contributed by atoms with Gasteiger partial charge in [0.15, 0.2) is 0 Å². The lowest BCUT2D eigenvalue weighted by Crippen LogP contribution is -2.23. The molecule has 1 aromatic heterocycles. The molecule has 2 heterocycles. The molecule has 1 aliphatic heterocycles. The van der Waals surface area contributed by atoms with Crippen LogP contribution < -0.4 is 10.7 Å². The molecular formula is C10H10Cl2N2. The number of hydrogen-bond acceptors (Lipinski definition) is 1. The van der Waals surface area contributed by atoms with Gasteiger partial charge in [0, 0.05) is 22.9 Å². The number of nitrogens with one attached hydrogen (secondary N) is 1. The molecule has 1 aromatic rings. The molecule has 0 atom stereocenters. The van der Waals surface area contributed by atoms with E-state index >= 15 is 0 Å². The lowest BCUT2D eigenvalue weighted by molar-refractivity contribution is 1.02. The third kappa shape index (κ3) is 1.60. The summed E-state index contributed by atoms with van der Waals surface area (Å²) in [5.74, 6) is 0. The number of rotatable bonds is 1. The highest BCUT2D eigenvalue weighted by molar-refractivity contribution is 6.45. The van der Waals surface area contributed by atoms with Crippen LogP contribution in [-0.4, -0.2) is 4.98 Å². The van der Waals surface area contributed by atoms with Crippen LogP contribution >= 0.6 is 23.2 Å². The Morgan fingerprint density at radius 1 is 1.50 bits per heavy atom. The Morgan fingerprint density at radius 2 is 2.29 bits per heavy atom. The van der Waals surface area contributed by atoms with Crippen LogP contribution in [0.4, 0.5) is 0 Å². The highest BCUT2D eigenvalue weighted by Crippen LogP contribution is 2.24. The highest BCUT2D eigenvalue weighted by Gasteiger charge is 2.09. The van der Waals surface area contributed by atoms with Crippen LogP contribution in [0.25, 0.3) is 5.03 Å². The average Bonchev–Trinajstić information content (AvgIpc) is 2.57. The quantitative estimate of drug-likeness (QED) is 0.715. The smallest absolute Gasteiger partial charge is 0.140 e. The largest absolute Gasteiger partial charge is 0.346 e. The molecule has 0 bridgehead atoms. The summed E-state index contributed by atoms with van der Waals surface area (Å²) < 4.78 is 0. The number of aromatic nitrogens is 1. The van der Waals surface area contributed by atoms with Crippen LogP contribution in [0.1, 0.15) is 19.8 Å². The minimum absolute atomic E-state index is 0.562. The Hall–Kier alpha value is -0.730. The Morgan fingerprint density at radius 3 is 3.00 bits per heavy atom. The molecule has 0 unspecified atom stereocenters. The van der Waals surface area contributed by atoms with Gasteiger partial charge >= 0.3 is 0 Å². The van der Waals surface area contributed by atoms with Gasteiger partial charge in [0.05, 0.1) is 0 Å². The molecule has 2 nitrogen and oxygen atoms in total. The molecule has 0 amide bonds. The van der Waals surface area contributed by atoms with E-state index in [1.165, 1.54) is 0 Å². The zero-order valence-electron chi connectivity index (χ0n) is 7.77. The maximum Gasteiger partial charge on any atom is 0.140 e. The topological polar surface area (TPSA) is 28.1 Å². The molecule has 0 saturated heterocycles. The van der Waals surface area contributed by atoms with Gasteiger partial charge in [0.25, 0.3) is 0 Å². The fourth-order valence-corrected chi connectivity index (χ4v) is 2.07. The molecule has 0 spiro atoms. The Bertz CT molecular complexity index is 496. The van der Waals surface area contributed by atoms with E-state index in [4.69, 9.17) is 23.2 Å². The first-order valence-corrected chi connectivity index (χ1v) is 5.26. The van der Waals surface area contributed by atoms with E-state index in [1.807, 2.05) is 12.3 Å². The van der Waals surface area contributed by atoms with Gasteiger partial charge in [-0.3, -0.25) is 0 Å². The third-order valence-corrected chi connectivity index (χ3v) is 3.00. The lowest BCUT2D eigenvalue weighted by Gasteiger charge is -2.01. The first-order chi connectivity index (χ1) is 6.72. The SMILES string of the molecule is CCC1=C(Cl)N=c2[nH]ccc2=C(Cl)C1. The van der Waals surface area contributed by atoms with Crippen molar-refractivity contribution in [2.24, 2.45) is 4.99 Å². The van der Waals surface area contributed by atoms with Gasteiger partial charge in [-0.05, 0) is 18.1 Å².